The predicted octanol–water partition coefficient (Wildman–Crippen LogP) is 6.21. The van der Waals surface area contributed by atoms with Gasteiger partial charge in [-0.2, -0.15) is 0 Å². The van der Waals surface area contributed by atoms with Crippen molar-refractivity contribution in [3.63, 3.8) is 0 Å². The van der Waals surface area contributed by atoms with Gasteiger partial charge in [-0.15, -0.1) is 0 Å². The Hall–Kier alpha value is -3.43. The highest BCUT2D eigenvalue weighted by Crippen LogP contribution is 2.48. The first-order valence-corrected chi connectivity index (χ1v) is 17.6. The number of rotatable bonds is 3. The second-order valence-corrected chi connectivity index (χ2v) is 15.6. The number of hydrogen-bond donors (Lipinski definition) is 0. The van der Waals surface area contributed by atoms with Gasteiger partial charge in [0.15, 0.2) is 0 Å². The Morgan fingerprint density at radius 1 is 1.00 bits per heavy atom. The molecular formula is C37H51N3O7. The molecule has 2 aromatic rings. The molecule has 3 fully saturated rings. The summed E-state index contributed by atoms with van der Waals surface area (Å²) in [5.74, 6) is -0.523. The molecule has 2 aliphatic carbocycles. The molecule has 0 radical (unpaired) electrons. The highest BCUT2D eigenvalue weighted by molar-refractivity contribution is 5.90. The molecule has 0 N–H and O–H groups in total. The lowest BCUT2D eigenvalue weighted by Crippen LogP contribution is -2.50. The molecule has 1 aromatic heterocycles. The maximum atomic E-state index is 14.8. The standard InChI is InChI=1S/C37H51N3O7/c1-22-30-21-40(32(22)35(43)47-36(2,3)4)34(42)25(37(5)16-10-11-17-37)20-31(41)45-29-18-23(29)12-8-7-9-13-27-33(46-30)39-28-19-24(44-6)14-15-26(28)38-27/h14-15,19,22-23,25,29-30,32H,7-13,16-18,20-21H2,1-6H3/t22-,23-,25-,29-,30+,32+/m1/s1. The fraction of sp³-hybridized carbons (Fsp3) is 0.703. The van der Waals surface area contributed by atoms with Crippen molar-refractivity contribution >= 4 is 28.9 Å². The lowest BCUT2D eigenvalue weighted by molar-refractivity contribution is -0.167. The topological polar surface area (TPSA) is 117 Å². The average molecular weight is 650 g/mol. The van der Waals surface area contributed by atoms with Crippen molar-refractivity contribution in [2.24, 2.45) is 23.2 Å². The number of fused-ring (bicyclic) bond motifs is 5. The Labute approximate surface area is 278 Å². The minimum Gasteiger partial charge on any atom is -0.497 e. The van der Waals surface area contributed by atoms with E-state index in [-0.39, 0.29) is 36.4 Å². The van der Waals surface area contributed by atoms with Crippen LogP contribution in [0, 0.1) is 23.2 Å². The van der Waals surface area contributed by atoms with Gasteiger partial charge in [0.2, 0.25) is 11.8 Å². The van der Waals surface area contributed by atoms with Crippen LogP contribution in [0.5, 0.6) is 11.6 Å². The first-order valence-electron chi connectivity index (χ1n) is 17.6. The molecule has 2 bridgehead atoms. The van der Waals surface area contributed by atoms with Gasteiger partial charge in [-0.3, -0.25) is 9.59 Å². The Morgan fingerprint density at radius 3 is 2.49 bits per heavy atom. The Morgan fingerprint density at radius 2 is 1.77 bits per heavy atom. The molecule has 1 amide bonds. The summed E-state index contributed by atoms with van der Waals surface area (Å²) < 4.78 is 24.0. The van der Waals surface area contributed by atoms with Crippen LogP contribution in [0.2, 0.25) is 0 Å². The summed E-state index contributed by atoms with van der Waals surface area (Å²) in [6, 6.07) is 4.75. The van der Waals surface area contributed by atoms with E-state index in [0.717, 1.165) is 69.0 Å². The zero-order chi connectivity index (χ0) is 33.5. The Balaban J connectivity index is 1.39. The van der Waals surface area contributed by atoms with Crippen LogP contribution in [0.4, 0.5) is 0 Å². The summed E-state index contributed by atoms with van der Waals surface area (Å²) in [6.07, 6.45) is 8.66. The minimum absolute atomic E-state index is 0.0120. The van der Waals surface area contributed by atoms with Crippen LogP contribution >= 0.6 is 0 Å². The number of aromatic nitrogens is 2. The van der Waals surface area contributed by atoms with Gasteiger partial charge in [-0.1, -0.05) is 39.5 Å². The summed E-state index contributed by atoms with van der Waals surface area (Å²) in [5, 5.41) is 0. The molecular weight excluding hydrogens is 598 g/mol. The normalized spacial score (nSPS) is 30.0. The molecule has 47 heavy (non-hydrogen) atoms. The van der Waals surface area contributed by atoms with Gasteiger partial charge >= 0.3 is 11.9 Å². The van der Waals surface area contributed by atoms with E-state index in [0.29, 0.717) is 29.5 Å². The van der Waals surface area contributed by atoms with Gasteiger partial charge in [0.1, 0.15) is 35.3 Å². The zero-order valence-corrected chi connectivity index (χ0v) is 28.9. The molecule has 2 saturated carbocycles. The smallest absolute Gasteiger partial charge is 0.329 e. The molecule has 0 unspecified atom stereocenters. The lowest BCUT2D eigenvalue weighted by Gasteiger charge is -2.37. The van der Waals surface area contributed by atoms with Crippen molar-refractivity contribution < 1.29 is 33.3 Å². The number of carbonyl (C=O) groups excluding carboxylic acids is 3. The zero-order valence-electron chi connectivity index (χ0n) is 28.9. The molecule has 0 spiro atoms. The molecule has 6 rings (SSSR count). The van der Waals surface area contributed by atoms with E-state index in [1.807, 2.05) is 45.9 Å². The van der Waals surface area contributed by atoms with Crippen LogP contribution in [0.25, 0.3) is 11.0 Å². The van der Waals surface area contributed by atoms with Crippen LogP contribution in [-0.4, -0.2) is 70.2 Å². The highest BCUT2D eigenvalue weighted by atomic mass is 16.6. The van der Waals surface area contributed by atoms with Gasteiger partial charge < -0.3 is 23.8 Å². The molecule has 10 nitrogen and oxygen atoms in total. The lowest BCUT2D eigenvalue weighted by atomic mass is 9.73. The molecule has 1 aromatic carbocycles. The summed E-state index contributed by atoms with van der Waals surface area (Å²) >= 11 is 0. The number of methoxy groups -OCH3 is 1. The fourth-order valence-corrected chi connectivity index (χ4v) is 7.91. The third-order valence-corrected chi connectivity index (χ3v) is 10.8. The SMILES string of the molecule is COc1ccc2nc3c(nc2c1)O[C@H]1CN(C(=O)[C@H](C2(C)CCCC2)CC(=O)O[C@@H]2C[C@H]2CCCCC3)[C@H](C(=O)OC(C)(C)C)[C@@H]1C. The van der Waals surface area contributed by atoms with E-state index >= 15 is 0 Å². The number of hydrogen-bond acceptors (Lipinski definition) is 9. The average Bonchev–Trinajstić information content (AvgIpc) is 3.43. The first-order chi connectivity index (χ1) is 22.3. The number of benzene rings is 1. The first kappa shape index (κ1) is 33.5. The monoisotopic (exact) mass is 649 g/mol. The van der Waals surface area contributed by atoms with Gasteiger partial charge in [0.25, 0.3) is 0 Å². The largest absolute Gasteiger partial charge is 0.497 e. The molecule has 1 saturated heterocycles. The highest BCUT2D eigenvalue weighted by Gasteiger charge is 2.53. The van der Waals surface area contributed by atoms with E-state index in [1.54, 1.807) is 12.0 Å². The summed E-state index contributed by atoms with van der Waals surface area (Å²) in [6.45, 7) is 9.69. The third-order valence-electron chi connectivity index (χ3n) is 10.8. The van der Waals surface area contributed by atoms with Crippen molar-refractivity contribution in [1.29, 1.82) is 0 Å². The van der Waals surface area contributed by atoms with E-state index in [9.17, 15) is 14.4 Å². The molecule has 3 heterocycles. The van der Waals surface area contributed by atoms with Crippen LogP contribution in [-0.2, 0) is 30.3 Å². The van der Waals surface area contributed by atoms with Gasteiger partial charge in [0, 0.05) is 12.0 Å². The maximum absolute atomic E-state index is 14.8. The number of ether oxygens (including phenoxy) is 4. The Bertz CT molecular complexity index is 1500. The van der Waals surface area contributed by atoms with Gasteiger partial charge in [-0.25, -0.2) is 14.8 Å². The number of amides is 1. The van der Waals surface area contributed by atoms with E-state index < -0.39 is 35.6 Å². The van der Waals surface area contributed by atoms with E-state index in [1.165, 1.54) is 0 Å². The van der Waals surface area contributed by atoms with Crippen molar-refractivity contribution in [2.75, 3.05) is 13.7 Å². The molecule has 2 aliphatic heterocycles. The van der Waals surface area contributed by atoms with E-state index in [2.05, 4.69) is 6.92 Å². The molecule has 4 aliphatic rings. The molecule has 6 atom stereocenters. The molecule has 10 heteroatoms. The van der Waals surface area contributed by atoms with Gasteiger partial charge in [0.05, 0.1) is 37.0 Å². The molecule has 256 valence electrons. The number of nitrogens with zero attached hydrogens (tertiary/aromatic N) is 3. The van der Waals surface area contributed by atoms with Crippen molar-refractivity contribution in [3.8, 4) is 11.6 Å². The number of aryl methyl sites for hydroxylation is 1. The third kappa shape index (κ3) is 7.36. The van der Waals surface area contributed by atoms with Crippen molar-refractivity contribution in [1.82, 2.24) is 14.9 Å². The fourth-order valence-electron chi connectivity index (χ4n) is 7.91. The number of esters is 2. The minimum atomic E-state index is -0.873. The maximum Gasteiger partial charge on any atom is 0.329 e. The van der Waals surface area contributed by atoms with Crippen LogP contribution in [0.1, 0.15) is 105 Å². The Kier molecular flexibility index (Phi) is 9.42. The predicted molar refractivity (Wildman–Crippen MR) is 176 cm³/mol. The van der Waals surface area contributed by atoms with Gasteiger partial charge in [-0.05, 0) is 82.8 Å². The quantitative estimate of drug-likeness (QED) is 0.358. The van der Waals surface area contributed by atoms with E-state index in [4.69, 9.17) is 28.9 Å². The summed E-state index contributed by atoms with van der Waals surface area (Å²) in [4.78, 5) is 53.6. The van der Waals surface area contributed by atoms with Crippen LogP contribution in [0.15, 0.2) is 18.2 Å². The second-order valence-electron chi connectivity index (χ2n) is 15.6. The van der Waals surface area contributed by atoms with Crippen molar-refractivity contribution in [2.45, 2.75) is 129 Å². The van der Waals surface area contributed by atoms with Crippen LogP contribution < -0.4 is 9.47 Å². The van der Waals surface area contributed by atoms with Crippen LogP contribution in [0.3, 0.4) is 0 Å². The second kappa shape index (κ2) is 13.2. The number of carbonyl (C=O) groups is 3. The van der Waals surface area contributed by atoms with Crippen molar-refractivity contribution in [3.05, 3.63) is 23.9 Å². The summed E-state index contributed by atoms with van der Waals surface area (Å²) in [5.41, 5.74) is 1.07. The summed E-state index contributed by atoms with van der Waals surface area (Å²) in [7, 11) is 1.62.